The van der Waals surface area contributed by atoms with Gasteiger partial charge in [0.1, 0.15) is 0 Å². The van der Waals surface area contributed by atoms with E-state index in [2.05, 4.69) is 0 Å². The van der Waals surface area contributed by atoms with Gasteiger partial charge in [-0.15, -0.1) is 33.0 Å². The minimum absolute atomic E-state index is 0. The van der Waals surface area contributed by atoms with Crippen LogP contribution in [0.4, 0.5) is 0 Å². The maximum absolute atomic E-state index is 8.93. The topological polar surface area (TPSA) is 258 Å². The minimum atomic E-state index is 0. The quantitative estimate of drug-likeness (QED) is 0.237. The maximum atomic E-state index is 8.93. The molecule has 0 spiro atoms. The van der Waals surface area contributed by atoms with Crippen molar-refractivity contribution in [3.05, 3.63) is 0 Å². The van der Waals surface area contributed by atoms with E-state index in [0.29, 0.717) is 0 Å². The second-order valence-corrected chi connectivity index (χ2v) is 1.44. The first-order valence-corrected chi connectivity index (χ1v) is 4.98. The maximum Gasteiger partial charge on any atom is 5.00 e. The Morgan fingerprint density at radius 3 is 0.348 bits per heavy atom. The van der Waals surface area contributed by atoms with Gasteiger partial charge in [0.25, 0.3) is 0 Å². The third-order valence-corrected chi connectivity index (χ3v) is 0. The van der Waals surface area contributed by atoms with E-state index < -0.39 is 0 Å². The summed E-state index contributed by atoms with van der Waals surface area (Å²) in [7, 11) is 0. The van der Waals surface area contributed by atoms with Crippen LogP contribution in [0.25, 0.3) is 0 Å². The van der Waals surface area contributed by atoms with E-state index in [4.69, 9.17) is 25.5 Å². The fraction of sp³-hybridized carbons (Fsp3) is 1.00. The molecule has 0 aromatic heterocycles. The molecule has 0 heterocycles. The summed E-state index contributed by atoms with van der Waals surface area (Å²) < 4.78 is 0. The first-order valence-electron chi connectivity index (χ1n) is 4.98. The van der Waals surface area contributed by atoms with Crippen LogP contribution in [0.5, 0.6) is 0 Å². The Morgan fingerprint density at radius 2 is 0.348 bits per heavy atom. The van der Waals surface area contributed by atoms with Crippen LogP contribution in [0.1, 0.15) is 34.6 Å². The molecule has 0 aromatic rings. The van der Waals surface area contributed by atoms with Gasteiger partial charge in [-0.25, -0.2) is 0 Å². The molecule has 0 amide bonds. The van der Waals surface area contributed by atoms with Crippen LogP contribution in [0.15, 0.2) is 0 Å². The Morgan fingerprint density at radius 1 is 0.348 bits per heavy atom. The van der Waals surface area contributed by atoms with Crippen LogP contribution in [-0.4, -0.2) is 33.0 Å². The van der Waals surface area contributed by atoms with Gasteiger partial charge in [-0.3, -0.25) is 0 Å². The second kappa shape index (κ2) is 267. The molecule has 23 heavy (non-hydrogen) atoms. The van der Waals surface area contributed by atoms with Gasteiger partial charge >= 0.3 is 67.1 Å². The van der Waals surface area contributed by atoms with Gasteiger partial charge in [0.15, 0.2) is 0 Å². The van der Waals surface area contributed by atoms with E-state index in [1.165, 1.54) is 0 Å². The van der Waals surface area contributed by atoms with Crippen molar-refractivity contribution in [3.63, 3.8) is 0 Å². The summed E-state index contributed by atoms with van der Waals surface area (Å²) >= 11 is 0. The van der Waals surface area contributed by atoms with Crippen molar-refractivity contribution in [2.45, 2.75) is 34.6 Å². The van der Waals surface area contributed by atoms with E-state index in [-0.39, 0.29) is 128 Å². The van der Waals surface area contributed by atoms with Gasteiger partial charge in [0, 0.05) is 0 Å². The monoisotopic (exact) mass is 848 g/mol. The zero-order chi connectivity index (χ0) is 13.5. The van der Waals surface area contributed by atoms with Crippen LogP contribution in [-0.2, 0) is 94.5 Å². The van der Waals surface area contributed by atoms with Gasteiger partial charge in [-0.05, 0) is 0 Å². The third-order valence-electron chi connectivity index (χ3n) is 0. The summed E-state index contributed by atoms with van der Waals surface area (Å²) in [5.41, 5.74) is 0. The summed E-state index contributed by atoms with van der Waals surface area (Å²) in [4.78, 5) is 0. The van der Waals surface area contributed by atoms with Crippen LogP contribution in [0.2, 0.25) is 0 Å². The van der Waals surface area contributed by atoms with Crippen molar-refractivity contribution in [1.29, 1.82) is 0 Å². The average Bonchev–Trinajstić information content (AvgIpc) is 2.09. The van der Waals surface area contributed by atoms with Gasteiger partial charge in [-0.2, -0.15) is 0 Å². The molecule has 0 aliphatic carbocycles. The number of rotatable bonds is 0. The van der Waals surface area contributed by atoms with Crippen molar-refractivity contribution >= 4 is 0 Å². The first kappa shape index (κ1) is 101. The normalized spacial score (nSPS) is 3.91. The molecule has 0 N–H and O–H groups in total. The van der Waals surface area contributed by atoms with Gasteiger partial charge in [0.2, 0.25) is 0 Å². The summed E-state index contributed by atoms with van der Waals surface area (Å²) in [6.07, 6.45) is 0. The van der Waals surface area contributed by atoms with Crippen LogP contribution < -0.4 is 25.5 Å². The molecule has 10 nitrogen and oxygen atoms in total. The third kappa shape index (κ3) is 3420. The van der Waals surface area contributed by atoms with Gasteiger partial charge in [-0.1, -0.05) is 34.6 Å². The molecule has 0 aliphatic heterocycles. The molecule has 0 saturated carbocycles. The Labute approximate surface area is 186 Å². The predicted octanol–water partition coefficient (Wildman–Crippen LogP) is -3.77. The average molecular weight is 848 g/mol. The molecule has 0 rings (SSSR count). The molecule has 0 bridgehead atoms. The summed E-state index contributed by atoms with van der Waals surface area (Å²) in [6, 6.07) is 0. The van der Waals surface area contributed by atoms with Crippen molar-refractivity contribution in [2.75, 3.05) is 33.0 Å². The minimum Gasteiger partial charge on any atom is -2.00 e. The first-order chi connectivity index (χ1) is 7.07. The zero-order valence-electron chi connectivity index (χ0n) is 14.0. The Bertz CT molecular complexity index is 44.5. The molecule has 140 valence electrons. The summed E-state index contributed by atoms with van der Waals surface area (Å²) in [6.45, 7) is 7.85. The van der Waals surface area contributed by atoms with Crippen molar-refractivity contribution in [3.8, 4) is 0 Å². The van der Waals surface area contributed by atoms with Crippen molar-refractivity contribution in [1.82, 2.24) is 0 Å². The van der Waals surface area contributed by atoms with Crippen LogP contribution >= 0.6 is 0 Å². The molecule has 0 aliphatic rings. The van der Waals surface area contributed by atoms with Crippen molar-refractivity contribution < 1.29 is 120 Å². The smallest absolute Gasteiger partial charge is 2.00 e. The van der Waals surface area contributed by atoms with Crippen LogP contribution in [0, 0.1) is 0 Å². The van der Waals surface area contributed by atoms with Gasteiger partial charge in [0.05, 0.1) is 0 Å². The zero-order valence-corrected chi connectivity index (χ0v) is 23.6. The van der Waals surface area contributed by atoms with E-state index in [9.17, 15) is 0 Å². The fourth-order valence-electron chi connectivity index (χ4n) is 0. The Kier molecular flexibility index (Phi) is 1170. The number of hydrogen-bond acceptors (Lipinski definition) is 5. The van der Waals surface area contributed by atoms with E-state index in [1.807, 2.05) is 0 Å². The van der Waals surface area contributed by atoms with E-state index >= 15 is 0 Å². The van der Waals surface area contributed by atoms with E-state index in [1.54, 1.807) is 34.6 Å². The second-order valence-electron chi connectivity index (χ2n) is 1.44. The molecule has 0 aromatic carbocycles. The molecule has 0 unspecified atom stereocenters. The Balaban J connectivity index is -0.00000000455. The summed E-state index contributed by atoms with van der Waals surface area (Å²) in [5, 5.41) is 44.7. The molecule has 0 fully saturated rings. The van der Waals surface area contributed by atoms with Crippen LogP contribution in [0.3, 0.4) is 0 Å². The predicted molar refractivity (Wildman–Crippen MR) is 56.1 cm³/mol. The molecular formula is C10H25O10Ta3. The number of hydrogen-bond donors (Lipinski definition) is 0. The molecule has 0 radical (unpaired) electrons. The Hall–Kier alpha value is 1.82. The van der Waals surface area contributed by atoms with E-state index in [0.717, 1.165) is 0 Å². The molecule has 0 saturated heterocycles. The van der Waals surface area contributed by atoms with Gasteiger partial charge < -0.3 is 52.9 Å². The summed E-state index contributed by atoms with van der Waals surface area (Å²) in [5.74, 6) is 0. The molecule has 13 heteroatoms. The fourth-order valence-corrected chi connectivity index (χ4v) is 0. The standard InChI is InChI=1S/5C2H5O.5O.3Ta/c5*1-2-3;;;;;;;;/h5*2H2,1H3;;;;;;;;/q5*-1;5*-2;3*+5. The largest absolute Gasteiger partial charge is 5.00 e. The molecular weight excluding hydrogens is 823 g/mol. The SMILES string of the molecule is CC[O-].CC[O-].CC[O-].CC[O-].CC[O-].[O-2].[O-2].[O-2].[O-2].[O-2].[Ta+5].[Ta+5].[Ta+5]. The van der Waals surface area contributed by atoms with Crippen molar-refractivity contribution in [2.24, 2.45) is 0 Å². The molecule has 0 atom stereocenters.